The predicted molar refractivity (Wildman–Crippen MR) is 165 cm³/mol. The maximum Gasteiger partial charge on any atom is 0.229 e. The number of aliphatic imine (C=N–C) groups is 1. The molecule has 1 unspecified atom stereocenters. The molecule has 3 heterocycles. The number of piperidine rings is 2. The van der Waals surface area contributed by atoms with Crippen LogP contribution in [0.25, 0.3) is 5.57 Å². The van der Waals surface area contributed by atoms with Gasteiger partial charge in [-0.15, -0.1) is 0 Å². The minimum Gasteiger partial charge on any atom is -0.506 e. The Kier molecular flexibility index (Phi) is 9.35. The SMILES string of the molecule is CS(=O)(=O)Nc1cc([C@@H](O)CNC2CCN(c3ccc(C(=C4CN=CS4)C4CC(=O)CCN4)cc3)CC2)ccc1O. The third kappa shape index (κ3) is 7.69. The molecule has 2 saturated heterocycles. The molecule has 41 heavy (non-hydrogen) atoms. The van der Waals surface area contributed by atoms with E-state index in [1.165, 1.54) is 22.6 Å². The molecule has 5 rings (SSSR count). The molecule has 0 aliphatic carbocycles. The summed E-state index contributed by atoms with van der Waals surface area (Å²) in [6, 6.07) is 13.3. The van der Waals surface area contributed by atoms with Gasteiger partial charge in [-0.2, -0.15) is 0 Å². The summed E-state index contributed by atoms with van der Waals surface area (Å²) in [6.07, 6.45) is 3.11. The molecular weight excluding hydrogens is 562 g/mol. The Morgan fingerprint density at radius 2 is 1.95 bits per heavy atom. The van der Waals surface area contributed by atoms with Gasteiger partial charge in [0.2, 0.25) is 10.0 Å². The number of anilines is 2. The van der Waals surface area contributed by atoms with E-state index in [0.29, 0.717) is 43.8 Å². The summed E-state index contributed by atoms with van der Waals surface area (Å²) in [5.41, 5.74) is 5.91. The van der Waals surface area contributed by atoms with Gasteiger partial charge in [0, 0.05) is 61.7 Å². The lowest BCUT2D eigenvalue weighted by atomic mass is 9.90. The second-order valence-electron chi connectivity index (χ2n) is 10.8. The normalized spacial score (nSPS) is 22.1. The molecule has 2 atom stereocenters. The molecule has 3 aliphatic rings. The van der Waals surface area contributed by atoms with Crippen molar-refractivity contribution < 1.29 is 23.4 Å². The van der Waals surface area contributed by atoms with Crippen molar-refractivity contribution >= 4 is 50.1 Å². The van der Waals surface area contributed by atoms with Crippen molar-refractivity contribution in [1.82, 2.24) is 10.6 Å². The van der Waals surface area contributed by atoms with E-state index < -0.39 is 16.1 Å². The first-order valence-electron chi connectivity index (χ1n) is 13.9. The number of carbonyl (C=O) groups is 1. The Morgan fingerprint density at radius 3 is 2.61 bits per heavy atom. The minimum absolute atomic E-state index is 0.0209. The first-order valence-corrected chi connectivity index (χ1v) is 16.6. The van der Waals surface area contributed by atoms with Crippen LogP contribution in [0.1, 0.15) is 42.9 Å². The Labute approximate surface area is 245 Å². The van der Waals surface area contributed by atoms with E-state index in [-0.39, 0.29) is 23.5 Å². The number of Topliss-reactive ketones (excluding diaryl/α,β-unsaturated/α-hetero) is 1. The van der Waals surface area contributed by atoms with E-state index >= 15 is 0 Å². The molecule has 3 aliphatic heterocycles. The zero-order valence-electron chi connectivity index (χ0n) is 23.0. The van der Waals surface area contributed by atoms with E-state index in [4.69, 9.17) is 0 Å². The molecule has 12 heteroatoms. The highest BCUT2D eigenvalue weighted by atomic mass is 32.2. The Bertz CT molecular complexity index is 1410. The van der Waals surface area contributed by atoms with Crippen LogP contribution in [-0.2, 0) is 14.8 Å². The fourth-order valence-electron chi connectivity index (χ4n) is 5.59. The number of ketones is 1. The van der Waals surface area contributed by atoms with Crippen molar-refractivity contribution in [2.45, 2.75) is 43.9 Å². The topological polar surface area (TPSA) is 143 Å². The largest absolute Gasteiger partial charge is 0.506 e. The number of carbonyl (C=O) groups excluding carboxylic acids is 1. The zero-order valence-corrected chi connectivity index (χ0v) is 24.7. The molecular formula is C29H37N5O5S2. The molecule has 10 nitrogen and oxygen atoms in total. The smallest absolute Gasteiger partial charge is 0.229 e. The van der Waals surface area contributed by atoms with Crippen LogP contribution >= 0.6 is 11.8 Å². The number of nitrogens with zero attached hydrogens (tertiary/aromatic N) is 2. The third-order valence-corrected chi connectivity index (χ3v) is 9.20. The van der Waals surface area contributed by atoms with Crippen LogP contribution in [0, 0.1) is 0 Å². The van der Waals surface area contributed by atoms with Crippen LogP contribution in [0.2, 0.25) is 0 Å². The van der Waals surface area contributed by atoms with Crippen molar-refractivity contribution in [3.8, 4) is 5.75 Å². The molecule has 220 valence electrons. The third-order valence-electron chi connectivity index (χ3n) is 7.72. The monoisotopic (exact) mass is 599 g/mol. The number of sulfonamides is 1. The van der Waals surface area contributed by atoms with Crippen LogP contribution in [0.4, 0.5) is 11.4 Å². The summed E-state index contributed by atoms with van der Waals surface area (Å²) in [6.45, 7) is 3.45. The van der Waals surface area contributed by atoms with Gasteiger partial charge in [0.25, 0.3) is 0 Å². The van der Waals surface area contributed by atoms with Crippen molar-refractivity contribution in [2.24, 2.45) is 4.99 Å². The van der Waals surface area contributed by atoms with E-state index in [1.807, 2.05) is 5.55 Å². The van der Waals surface area contributed by atoms with Crippen molar-refractivity contribution in [1.29, 1.82) is 0 Å². The maximum absolute atomic E-state index is 12.2. The number of nitrogens with one attached hydrogen (secondary N) is 3. The molecule has 0 spiro atoms. The zero-order chi connectivity index (χ0) is 29.0. The molecule has 0 radical (unpaired) electrons. The summed E-state index contributed by atoms with van der Waals surface area (Å²) in [5.74, 6) is 0.105. The van der Waals surface area contributed by atoms with Gasteiger partial charge >= 0.3 is 0 Å². The molecule has 0 bridgehead atoms. The number of hydrogen-bond donors (Lipinski definition) is 5. The highest BCUT2D eigenvalue weighted by molar-refractivity contribution is 8.15. The quantitative estimate of drug-likeness (QED) is 0.275. The highest BCUT2D eigenvalue weighted by Gasteiger charge is 2.27. The molecule has 2 aromatic carbocycles. The first kappa shape index (κ1) is 29.6. The van der Waals surface area contributed by atoms with E-state index in [9.17, 15) is 23.4 Å². The van der Waals surface area contributed by atoms with E-state index in [2.05, 4.69) is 49.5 Å². The van der Waals surface area contributed by atoms with Gasteiger partial charge in [-0.05, 0) is 53.8 Å². The fourth-order valence-corrected chi connectivity index (χ4v) is 6.96. The molecule has 0 amide bonds. The lowest BCUT2D eigenvalue weighted by Gasteiger charge is -2.34. The van der Waals surface area contributed by atoms with Crippen LogP contribution in [0.15, 0.2) is 52.4 Å². The Balaban J connectivity index is 1.16. The van der Waals surface area contributed by atoms with Crippen LogP contribution in [-0.4, -0.2) is 81.0 Å². The van der Waals surface area contributed by atoms with Crippen LogP contribution in [0.3, 0.4) is 0 Å². The number of aromatic hydroxyl groups is 1. The lowest BCUT2D eigenvalue weighted by Crippen LogP contribution is -2.43. The van der Waals surface area contributed by atoms with Gasteiger partial charge in [-0.25, -0.2) is 8.42 Å². The van der Waals surface area contributed by atoms with Gasteiger partial charge in [0.1, 0.15) is 11.5 Å². The molecule has 0 saturated carbocycles. The second kappa shape index (κ2) is 13.0. The van der Waals surface area contributed by atoms with E-state index in [0.717, 1.165) is 43.4 Å². The fraction of sp³-hybridized carbons (Fsp3) is 0.448. The van der Waals surface area contributed by atoms with Crippen molar-refractivity contribution in [3.05, 3.63) is 58.5 Å². The molecule has 2 fully saturated rings. The summed E-state index contributed by atoms with van der Waals surface area (Å²) >= 11 is 1.64. The summed E-state index contributed by atoms with van der Waals surface area (Å²) in [7, 11) is -3.55. The van der Waals surface area contributed by atoms with Gasteiger partial charge in [-0.3, -0.25) is 14.5 Å². The average Bonchev–Trinajstić information content (AvgIpc) is 3.47. The minimum atomic E-state index is -3.55. The van der Waals surface area contributed by atoms with Crippen LogP contribution in [0.5, 0.6) is 5.75 Å². The Hall–Kier alpha value is -2.90. The van der Waals surface area contributed by atoms with Crippen molar-refractivity contribution in [3.63, 3.8) is 0 Å². The highest BCUT2D eigenvalue weighted by Crippen LogP contribution is 2.35. The number of phenolic OH excluding ortho intramolecular Hbond substituents is 1. The number of rotatable bonds is 9. The lowest BCUT2D eigenvalue weighted by molar-refractivity contribution is -0.120. The summed E-state index contributed by atoms with van der Waals surface area (Å²) < 4.78 is 25.4. The Morgan fingerprint density at radius 1 is 1.20 bits per heavy atom. The summed E-state index contributed by atoms with van der Waals surface area (Å²) in [5, 5.41) is 27.6. The standard InChI is InChI=1S/C29H37N5O5S2/c1-41(38,39)33-24-14-20(4-7-26(24)36)27(37)16-32-21-9-12-34(13-10-21)22-5-2-19(3-6-22)29(28-17-30-18-40-28)25-15-23(35)8-11-31-25/h2-7,14,18,21,25,27,31-33,36-37H,8-13,15-17H2,1H3/t25?,27-/m0/s1. The van der Waals surface area contributed by atoms with Gasteiger partial charge in [-0.1, -0.05) is 30.0 Å². The average molecular weight is 600 g/mol. The number of benzene rings is 2. The van der Waals surface area contributed by atoms with Gasteiger partial charge in [0.05, 0.1) is 30.1 Å². The molecule has 5 N–H and O–H groups in total. The number of aliphatic hydroxyl groups excluding tert-OH is 1. The number of aliphatic hydroxyl groups is 1. The summed E-state index contributed by atoms with van der Waals surface area (Å²) in [4.78, 5) is 20.1. The van der Waals surface area contributed by atoms with Crippen LogP contribution < -0.4 is 20.3 Å². The first-order chi connectivity index (χ1) is 19.7. The molecule has 2 aromatic rings. The number of phenols is 1. The number of hydrogen-bond acceptors (Lipinski definition) is 10. The van der Waals surface area contributed by atoms with Gasteiger partial charge < -0.3 is 25.7 Å². The van der Waals surface area contributed by atoms with Gasteiger partial charge in [0.15, 0.2) is 0 Å². The second-order valence-corrected chi connectivity index (χ2v) is 13.5. The molecule has 0 aromatic heterocycles. The van der Waals surface area contributed by atoms with Crippen molar-refractivity contribution in [2.75, 3.05) is 48.6 Å². The van der Waals surface area contributed by atoms with E-state index in [1.54, 1.807) is 17.8 Å². The number of thioether (sulfide) groups is 1. The predicted octanol–water partition coefficient (Wildman–Crippen LogP) is 2.86. The maximum atomic E-state index is 12.2.